The quantitative estimate of drug-likeness (QED) is 0.173. The summed E-state index contributed by atoms with van der Waals surface area (Å²) in [6.45, 7) is 3.03. The number of benzene rings is 4. The Morgan fingerprint density at radius 1 is 0.704 bits per heavy atom. The molecule has 0 amide bonds. The van der Waals surface area contributed by atoms with Gasteiger partial charge in [-0.05, 0) is 56.9 Å². The highest BCUT2D eigenvalue weighted by molar-refractivity contribution is 7.20. The van der Waals surface area contributed by atoms with Crippen molar-refractivity contribution in [1.29, 1.82) is 0 Å². The Morgan fingerprint density at radius 2 is 1.48 bits per heavy atom. The van der Waals surface area contributed by atoms with Crippen molar-refractivity contribution >= 4 is 53.7 Å². The zero-order valence-electron chi connectivity index (χ0n) is 15.5. The molecule has 5 rings (SSSR count). The molecule has 0 bridgehead atoms. The van der Waals surface area contributed by atoms with Gasteiger partial charge in [-0.25, -0.2) is 0 Å². The smallest absolute Gasteiger partial charge is 0.174 e. The van der Waals surface area contributed by atoms with Crippen molar-refractivity contribution in [3.63, 3.8) is 0 Å². The molecule has 0 aliphatic heterocycles. The number of rotatable bonds is 5. The van der Waals surface area contributed by atoms with Crippen LogP contribution >= 0.6 is 11.3 Å². The van der Waals surface area contributed by atoms with E-state index in [1.165, 1.54) is 55.2 Å². The molecule has 0 aliphatic rings. The zero-order valence-corrected chi connectivity index (χ0v) is 16.3. The highest BCUT2D eigenvalue weighted by Crippen LogP contribution is 2.39. The van der Waals surface area contributed by atoms with Crippen LogP contribution in [0.5, 0.6) is 5.06 Å². The van der Waals surface area contributed by atoms with Gasteiger partial charge in [-0.15, -0.1) is 0 Å². The largest absolute Gasteiger partial charge is 0.484 e. The van der Waals surface area contributed by atoms with Crippen LogP contribution in [0, 0.1) is 0 Å². The van der Waals surface area contributed by atoms with Crippen LogP contribution in [-0.2, 0) is 0 Å². The highest BCUT2D eigenvalue weighted by Gasteiger charge is 2.09. The Labute approximate surface area is 163 Å². The molecule has 5 aromatic rings. The average molecular weight is 371 g/mol. The van der Waals surface area contributed by atoms with Crippen LogP contribution in [-0.4, -0.2) is 6.61 Å². The number of thiophene rings is 1. The molecule has 1 heterocycles. The monoisotopic (exact) mass is 370 g/mol. The summed E-state index contributed by atoms with van der Waals surface area (Å²) in [4.78, 5) is 0. The molecule has 0 saturated heterocycles. The molecular weight excluding hydrogens is 348 g/mol. The first-order chi connectivity index (χ1) is 13.3. The van der Waals surface area contributed by atoms with Gasteiger partial charge in [0, 0.05) is 16.2 Å². The molecule has 0 N–H and O–H groups in total. The highest BCUT2D eigenvalue weighted by atomic mass is 32.1. The molecule has 27 heavy (non-hydrogen) atoms. The van der Waals surface area contributed by atoms with Crippen LogP contribution < -0.4 is 4.74 Å². The number of fused-ring (bicyclic) bond motifs is 6. The van der Waals surface area contributed by atoms with Crippen molar-refractivity contribution in [3.8, 4) is 5.06 Å². The maximum absolute atomic E-state index is 6.01. The molecule has 0 radical (unpaired) electrons. The third-order valence-electron chi connectivity index (χ3n) is 5.35. The summed E-state index contributed by atoms with van der Waals surface area (Å²) in [5, 5.41) is 10.2. The van der Waals surface area contributed by atoms with E-state index in [1.807, 2.05) is 0 Å². The third-order valence-corrected chi connectivity index (χ3v) is 6.36. The normalized spacial score (nSPS) is 11.7. The second kappa shape index (κ2) is 6.86. The number of hydrogen-bond donors (Lipinski definition) is 0. The van der Waals surface area contributed by atoms with Crippen molar-refractivity contribution in [1.82, 2.24) is 0 Å². The molecule has 1 aromatic heterocycles. The van der Waals surface area contributed by atoms with Gasteiger partial charge in [-0.3, -0.25) is 0 Å². The zero-order chi connectivity index (χ0) is 18.2. The topological polar surface area (TPSA) is 9.23 Å². The summed E-state index contributed by atoms with van der Waals surface area (Å²) >= 11 is 1.76. The third kappa shape index (κ3) is 2.94. The fourth-order valence-electron chi connectivity index (χ4n) is 3.92. The SMILES string of the molecule is CCCCCOc1cc2c(ccc3c4cc5ccccc5cc4ccc23)s1. The maximum atomic E-state index is 6.01. The summed E-state index contributed by atoms with van der Waals surface area (Å²) in [5.41, 5.74) is 0. The van der Waals surface area contributed by atoms with Gasteiger partial charge in [0.25, 0.3) is 0 Å². The van der Waals surface area contributed by atoms with Gasteiger partial charge in [0.1, 0.15) is 0 Å². The van der Waals surface area contributed by atoms with E-state index in [2.05, 4.69) is 73.7 Å². The number of unbranched alkanes of at least 4 members (excludes halogenated alkanes) is 2. The van der Waals surface area contributed by atoms with Crippen molar-refractivity contribution in [2.24, 2.45) is 0 Å². The Bertz CT molecular complexity index is 1270. The second-order valence-electron chi connectivity index (χ2n) is 7.18. The Hall–Kier alpha value is -2.58. The summed E-state index contributed by atoms with van der Waals surface area (Å²) in [6, 6.07) is 24.5. The molecule has 0 fully saturated rings. The molecule has 0 aliphatic carbocycles. The van der Waals surface area contributed by atoms with E-state index in [1.54, 1.807) is 11.3 Å². The predicted octanol–water partition coefficient (Wildman–Crippen LogP) is 7.93. The number of ether oxygens (including phenoxy) is 1. The molecule has 0 atom stereocenters. The maximum Gasteiger partial charge on any atom is 0.174 e. The van der Waals surface area contributed by atoms with Gasteiger partial charge in [0.05, 0.1) is 6.61 Å². The van der Waals surface area contributed by atoms with E-state index < -0.39 is 0 Å². The minimum Gasteiger partial charge on any atom is -0.484 e. The molecule has 0 spiro atoms. The van der Waals surface area contributed by atoms with E-state index in [4.69, 9.17) is 4.74 Å². The summed E-state index contributed by atoms with van der Waals surface area (Å²) in [7, 11) is 0. The molecule has 0 saturated carbocycles. The molecular formula is C25H22OS. The fraction of sp³-hybridized carbons (Fsp3) is 0.200. The van der Waals surface area contributed by atoms with Gasteiger partial charge < -0.3 is 4.74 Å². The average Bonchev–Trinajstić information content (AvgIpc) is 3.13. The van der Waals surface area contributed by atoms with Crippen molar-refractivity contribution in [3.05, 3.63) is 66.7 Å². The lowest BCUT2D eigenvalue weighted by atomic mass is 9.97. The Kier molecular flexibility index (Phi) is 4.21. The minimum absolute atomic E-state index is 0.813. The summed E-state index contributed by atoms with van der Waals surface area (Å²) in [5.74, 6) is 0. The lowest BCUT2D eigenvalue weighted by Crippen LogP contribution is -1.94. The van der Waals surface area contributed by atoms with E-state index in [0.717, 1.165) is 18.1 Å². The van der Waals surface area contributed by atoms with E-state index in [9.17, 15) is 0 Å². The van der Waals surface area contributed by atoms with Crippen LogP contribution in [0.3, 0.4) is 0 Å². The van der Waals surface area contributed by atoms with Crippen LogP contribution in [0.1, 0.15) is 26.2 Å². The van der Waals surface area contributed by atoms with Crippen LogP contribution in [0.2, 0.25) is 0 Å². The summed E-state index contributed by atoms with van der Waals surface area (Å²) in [6.07, 6.45) is 3.58. The molecule has 4 aromatic carbocycles. The number of hydrogen-bond acceptors (Lipinski definition) is 2. The second-order valence-corrected chi connectivity index (χ2v) is 8.23. The molecule has 134 valence electrons. The van der Waals surface area contributed by atoms with E-state index in [0.29, 0.717) is 0 Å². The molecule has 2 heteroatoms. The van der Waals surface area contributed by atoms with Gasteiger partial charge in [-0.2, -0.15) is 0 Å². The van der Waals surface area contributed by atoms with Crippen LogP contribution in [0.15, 0.2) is 66.7 Å². The van der Waals surface area contributed by atoms with E-state index in [-0.39, 0.29) is 0 Å². The Morgan fingerprint density at radius 3 is 2.33 bits per heavy atom. The molecule has 1 nitrogen and oxygen atoms in total. The molecule has 0 unspecified atom stereocenters. The van der Waals surface area contributed by atoms with Crippen LogP contribution in [0.25, 0.3) is 42.4 Å². The van der Waals surface area contributed by atoms with Crippen molar-refractivity contribution < 1.29 is 4.74 Å². The lowest BCUT2D eigenvalue weighted by molar-refractivity contribution is 0.315. The van der Waals surface area contributed by atoms with Crippen molar-refractivity contribution in [2.45, 2.75) is 26.2 Å². The fourth-order valence-corrected chi connectivity index (χ4v) is 4.87. The first-order valence-corrected chi connectivity index (χ1v) is 10.6. The predicted molar refractivity (Wildman–Crippen MR) is 119 cm³/mol. The van der Waals surface area contributed by atoms with Gasteiger partial charge in [0.15, 0.2) is 5.06 Å². The van der Waals surface area contributed by atoms with E-state index >= 15 is 0 Å². The lowest BCUT2D eigenvalue weighted by Gasteiger charge is -2.07. The van der Waals surface area contributed by atoms with Crippen molar-refractivity contribution in [2.75, 3.05) is 6.61 Å². The minimum atomic E-state index is 0.813. The van der Waals surface area contributed by atoms with Gasteiger partial charge >= 0.3 is 0 Å². The first kappa shape index (κ1) is 16.6. The first-order valence-electron chi connectivity index (χ1n) is 9.74. The standard InChI is InChI=1S/C25H22OS/c1-2-3-6-13-26-25-16-23-21-10-9-19-14-17-7-4-5-8-18(17)15-22(19)20(21)11-12-24(23)27-25/h4-5,7-12,14-16H,2-3,6,13H2,1H3. The van der Waals surface area contributed by atoms with Crippen LogP contribution in [0.4, 0.5) is 0 Å². The Balaban J connectivity index is 1.65. The summed E-state index contributed by atoms with van der Waals surface area (Å²) < 4.78 is 7.30. The van der Waals surface area contributed by atoms with Gasteiger partial charge in [-0.1, -0.05) is 73.6 Å². The van der Waals surface area contributed by atoms with Gasteiger partial charge in [0.2, 0.25) is 0 Å².